The normalized spacial score (nSPS) is 10.9. The molecule has 0 aliphatic heterocycles. The van der Waals surface area contributed by atoms with Gasteiger partial charge in [0.25, 0.3) is 0 Å². The summed E-state index contributed by atoms with van der Waals surface area (Å²) in [6.45, 7) is 0. The summed E-state index contributed by atoms with van der Waals surface area (Å²) < 4.78 is 13.1. The van der Waals surface area contributed by atoms with Crippen molar-refractivity contribution in [1.29, 1.82) is 0 Å². The van der Waals surface area contributed by atoms with Crippen molar-refractivity contribution in [3.8, 4) is 28.6 Å². The monoisotopic (exact) mass is 379 g/mol. The van der Waals surface area contributed by atoms with Crippen molar-refractivity contribution in [2.45, 2.75) is 10.9 Å². The molecule has 0 N–H and O–H groups in total. The predicted octanol–water partition coefficient (Wildman–Crippen LogP) is 3.83. The molecular weight excluding hydrogens is 362 g/mol. The highest BCUT2D eigenvalue weighted by Crippen LogP contribution is 2.31. The van der Waals surface area contributed by atoms with E-state index in [-0.39, 0.29) is 0 Å². The fourth-order valence-corrected chi connectivity index (χ4v) is 3.39. The second kappa shape index (κ2) is 7.63. The molecule has 2 heterocycles. The van der Waals surface area contributed by atoms with Gasteiger partial charge in [-0.2, -0.15) is 0 Å². The second-order valence-corrected chi connectivity index (χ2v) is 6.66. The number of ether oxygens (including phenoxy) is 1. The standard InChI is InChI=1S/C19H17N5O2S/c1-24-17(14-10-6-7-11-15(14)25-2)21-23-19(24)27-12-16-20-22-18(26-16)13-8-4-3-5-9-13/h3-11H,12H2,1-2H3. The molecule has 0 aliphatic rings. The SMILES string of the molecule is COc1ccccc1-c1nnc(SCc2nnc(-c3ccccc3)o2)n1C. The summed E-state index contributed by atoms with van der Waals surface area (Å²) in [4.78, 5) is 0. The molecule has 0 saturated heterocycles. The Labute approximate surface area is 160 Å². The Hall–Kier alpha value is -3.13. The van der Waals surface area contributed by atoms with Crippen LogP contribution in [-0.2, 0) is 12.8 Å². The van der Waals surface area contributed by atoms with Gasteiger partial charge in [-0.25, -0.2) is 0 Å². The Morgan fingerprint density at radius 2 is 1.74 bits per heavy atom. The summed E-state index contributed by atoms with van der Waals surface area (Å²) >= 11 is 1.49. The van der Waals surface area contributed by atoms with Gasteiger partial charge in [0.1, 0.15) is 5.75 Å². The van der Waals surface area contributed by atoms with Crippen LogP contribution in [0.2, 0.25) is 0 Å². The van der Waals surface area contributed by atoms with E-state index in [2.05, 4.69) is 20.4 Å². The topological polar surface area (TPSA) is 78.9 Å². The molecule has 2 aromatic heterocycles. The number of nitrogens with zero attached hydrogens (tertiary/aromatic N) is 5. The highest BCUT2D eigenvalue weighted by molar-refractivity contribution is 7.98. The maximum atomic E-state index is 5.74. The quantitative estimate of drug-likeness (QED) is 0.471. The first-order valence-electron chi connectivity index (χ1n) is 8.29. The number of hydrogen-bond acceptors (Lipinski definition) is 7. The van der Waals surface area contributed by atoms with E-state index in [1.54, 1.807) is 7.11 Å². The third-order valence-electron chi connectivity index (χ3n) is 4.00. The molecule has 27 heavy (non-hydrogen) atoms. The van der Waals surface area contributed by atoms with Crippen LogP contribution in [0.3, 0.4) is 0 Å². The third-order valence-corrected chi connectivity index (χ3v) is 5.00. The molecule has 0 fully saturated rings. The molecule has 0 unspecified atom stereocenters. The van der Waals surface area contributed by atoms with Crippen molar-refractivity contribution in [2.75, 3.05) is 7.11 Å². The number of benzene rings is 2. The lowest BCUT2D eigenvalue weighted by molar-refractivity contribution is 0.416. The first kappa shape index (κ1) is 17.3. The zero-order valence-corrected chi connectivity index (χ0v) is 15.7. The zero-order valence-electron chi connectivity index (χ0n) is 14.9. The van der Waals surface area contributed by atoms with Gasteiger partial charge in [-0.15, -0.1) is 20.4 Å². The van der Waals surface area contributed by atoms with Crippen molar-refractivity contribution < 1.29 is 9.15 Å². The molecule has 0 aliphatic carbocycles. The van der Waals surface area contributed by atoms with E-state index in [0.29, 0.717) is 17.5 Å². The molecule has 0 radical (unpaired) electrons. The van der Waals surface area contributed by atoms with Gasteiger partial charge in [-0.1, -0.05) is 42.1 Å². The van der Waals surface area contributed by atoms with Gasteiger partial charge in [0.2, 0.25) is 11.8 Å². The maximum Gasteiger partial charge on any atom is 0.247 e. The Kier molecular flexibility index (Phi) is 4.88. The third kappa shape index (κ3) is 3.56. The van der Waals surface area contributed by atoms with Crippen LogP contribution in [0, 0.1) is 0 Å². The van der Waals surface area contributed by atoms with Crippen molar-refractivity contribution in [3.05, 3.63) is 60.5 Å². The first-order valence-corrected chi connectivity index (χ1v) is 9.28. The Bertz CT molecular complexity index is 1050. The summed E-state index contributed by atoms with van der Waals surface area (Å²) in [6.07, 6.45) is 0. The van der Waals surface area contributed by atoms with E-state index in [1.807, 2.05) is 66.2 Å². The van der Waals surface area contributed by atoms with E-state index in [0.717, 1.165) is 27.9 Å². The molecule has 136 valence electrons. The van der Waals surface area contributed by atoms with Gasteiger partial charge in [-0.05, 0) is 24.3 Å². The highest BCUT2D eigenvalue weighted by Gasteiger charge is 2.16. The number of aromatic nitrogens is 5. The summed E-state index contributed by atoms with van der Waals surface area (Å²) in [5.74, 6) is 3.07. The lowest BCUT2D eigenvalue weighted by Crippen LogP contribution is -1.97. The van der Waals surface area contributed by atoms with Crippen LogP contribution in [0.5, 0.6) is 5.75 Å². The van der Waals surface area contributed by atoms with E-state index < -0.39 is 0 Å². The number of thioether (sulfide) groups is 1. The van der Waals surface area contributed by atoms with E-state index >= 15 is 0 Å². The van der Waals surface area contributed by atoms with Crippen molar-refractivity contribution in [2.24, 2.45) is 7.05 Å². The molecule has 0 atom stereocenters. The fourth-order valence-electron chi connectivity index (χ4n) is 2.64. The van der Waals surface area contributed by atoms with E-state index in [4.69, 9.17) is 9.15 Å². The second-order valence-electron chi connectivity index (χ2n) is 5.72. The van der Waals surface area contributed by atoms with Crippen LogP contribution < -0.4 is 4.74 Å². The maximum absolute atomic E-state index is 5.74. The molecule has 0 bridgehead atoms. The molecule has 2 aromatic carbocycles. The molecule has 0 saturated carbocycles. The van der Waals surface area contributed by atoms with Crippen LogP contribution in [0.15, 0.2) is 64.2 Å². The minimum Gasteiger partial charge on any atom is -0.496 e. The van der Waals surface area contributed by atoms with E-state index in [9.17, 15) is 0 Å². The summed E-state index contributed by atoms with van der Waals surface area (Å²) in [5.41, 5.74) is 1.80. The van der Waals surface area contributed by atoms with Gasteiger partial charge >= 0.3 is 0 Å². The van der Waals surface area contributed by atoms with Crippen LogP contribution in [0.4, 0.5) is 0 Å². The molecule has 8 heteroatoms. The van der Waals surface area contributed by atoms with Crippen molar-refractivity contribution >= 4 is 11.8 Å². The average Bonchev–Trinajstić information content (AvgIpc) is 3.34. The number of para-hydroxylation sites is 1. The van der Waals surface area contributed by atoms with Gasteiger partial charge in [0, 0.05) is 12.6 Å². The van der Waals surface area contributed by atoms with Crippen LogP contribution in [-0.4, -0.2) is 32.1 Å². The smallest absolute Gasteiger partial charge is 0.247 e. The lowest BCUT2D eigenvalue weighted by Gasteiger charge is -2.07. The number of hydrogen-bond donors (Lipinski definition) is 0. The van der Waals surface area contributed by atoms with Crippen LogP contribution in [0.25, 0.3) is 22.8 Å². The molecule has 0 amide bonds. The van der Waals surface area contributed by atoms with Crippen LogP contribution >= 0.6 is 11.8 Å². The molecule has 4 aromatic rings. The van der Waals surface area contributed by atoms with Gasteiger partial charge in [0.05, 0.1) is 18.4 Å². The van der Waals surface area contributed by atoms with Gasteiger partial charge in [0.15, 0.2) is 11.0 Å². The summed E-state index contributed by atoms with van der Waals surface area (Å²) in [7, 11) is 3.57. The van der Waals surface area contributed by atoms with Crippen molar-refractivity contribution in [1.82, 2.24) is 25.0 Å². The largest absolute Gasteiger partial charge is 0.496 e. The van der Waals surface area contributed by atoms with Gasteiger partial charge < -0.3 is 13.7 Å². The molecule has 4 rings (SSSR count). The molecular formula is C19H17N5O2S. The number of methoxy groups -OCH3 is 1. The minimum atomic E-state index is 0.512. The zero-order chi connectivity index (χ0) is 18.6. The highest BCUT2D eigenvalue weighted by atomic mass is 32.2. The van der Waals surface area contributed by atoms with Crippen LogP contribution in [0.1, 0.15) is 5.89 Å². The molecule has 0 spiro atoms. The van der Waals surface area contributed by atoms with Crippen molar-refractivity contribution in [3.63, 3.8) is 0 Å². The fraction of sp³-hybridized carbons (Fsp3) is 0.158. The van der Waals surface area contributed by atoms with E-state index in [1.165, 1.54) is 11.8 Å². The number of rotatable bonds is 6. The average molecular weight is 379 g/mol. The Morgan fingerprint density at radius 3 is 2.56 bits per heavy atom. The Balaban J connectivity index is 1.50. The predicted molar refractivity (Wildman–Crippen MR) is 102 cm³/mol. The van der Waals surface area contributed by atoms with Gasteiger partial charge in [-0.3, -0.25) is 0 Å². The minimum absolute atomic E-state index is 0.512. The lowest BCUT2D eigenvalue weighted by atomic mass is 10.2. The summed E-state index contributed by atoms with van der Waals surface area (Å²) in [5, 5.41) is 17.6. The first-order chi connectivity index (χ1) is 13.3. The Morgan fingerprint density at radius 1 is 0.963 bits per heavy atom. The summed E-state index contributed by atoms with van der Waals surface area (Å²) in [6, 6.07) is 17.4. The molecule has 7 nitrogen and oxygen atoms in total.